The van der Waals surface area contributed by atoms with Gasteiger partial charge in [0.2, 0.25) is 0 Å². The topological polar surface area (TPSA) is 26.0 Å². The average Bonchev–Trinajstić information content (AvgIpc) is 2.38. The third-order valence-electron chi connectivity index (χ3n) is 3.53. The minimum Gasteiger partial charge on any atom is -0.320 e. The standard InChI is InChI=1S/C17H20FN/c1-11(2)14-9-8-13(10-16(14)18)17(19)15-7-5-4-6-12(15)3/h4-11,17H,19H2,1-3H3. The minimum atomic E-state index is -0.281. The van der Waals surface area contributed by atoms with Gasteiger partial charge in [-0.25, -0.2) is 4.39 Å². The highest BCUT2D eigenvalue weighted by Gasteiger charge is 2.14. The van der Waals surface area contributed by atoms with Gasteiger partial charge in [0.05, 0.1) is 6.04 Å². The second kappa shape index (κ2) is 5.54. The summed E-state index contributed by atoms with van der Waals surface area (Å²) in [6.45, 7) is 5.99. The van der Waals surface area contributed by atoms with E-state index in [4.69, 9.17) is 5.73 Å². The largest absolute Gasteiger partial charge is 0.320 e. The van der Waals surface area contributed by atoms with E-state index < -0.39 is 0 Å². The Morgan fingerprint density at radius 1 is 1.00 bits per heavy atom. The minimum absolute atomic E-state index is 0.170. The summed E-state index contributed by atoms with van der Waals surface area (Å²) in [5, 5.41) is 0. The summed E-state index contributed by atoms with van der Waals surface area (Å²) in [5.74, 6) is 0.0141. The summed E-state index contributed by atoms with van der Waals surface area (Å²) in [5.41, 5.74) is 9.97. The van der Waals surface area contributed by atoms with Crippen LogP contribution in [0.2, 0.25) is 0 Å². The van der Waals surface area contributed by atoms with Crippen LogP contribution in [0.15, 0.2) is 42.5 Å². The van der Waals surface area contributed by atoms with E-state index in [0.29, 0.717) is 0 Å². The van der Waals surface area contributed by atoms with Crippen LogP contribution in [0.25, 0.3) is 0 Å². The summed E-state index contributed by atoms with van der Waals surface area (Å²) < 4.78 is 14.0. The summed E-state index contributed by atoms with van der Waals surface area (Å²) >= 11 is 0. The lowest BCUT2D eigenvalue weighted by molar-refractivity contribution is 0.594. The quantitative estimate of drug-likeness (QED) is 0.871. The summed E-state index contributed by atoms with van der Waals surface area (Å²) in [6, 6.07) is 13.0. The van der Waals surface area contributed by atoms with Crippen LogP contribution in [0.4, 0.5) is 4.39 Å². The normalized spacial score (nSPS) is 12.7. The molecule has 0 aromatic heterocycles. The number of benzene rings is 2. The van der Waals surface area contributed by atoms with Gasteiger partial charge in [-0.05, 0) is 41.2 Å². The fraction of sp³-hybridized carbons (Fsp3) is 0.294. The number of aryl methyl sites for hydroxylation is 1. The molecule has 0 saturated carbocycles. The van der Waals surface area contributed by atoms with E-state index in [1.807, 2.05) is 57.2 Å². The highest BCUT2D eigenvalue weighted by molar-refractivity contribution is 5.38. The molecule has 2 aromatic rings. The molecule has 1 unspecified atom stereocenters. The van der Waals surface area contributed by atoms with Crippen molar-refractivity contribution >= 4 is 0 Å². The Labute approximate surface area is 114 Å². The third-order valence-corrected chi connectivity index (χ3v) is 3.53. The van der Waals surface area contributed by atoms with E-state index in [0.717, 1.165) is 22.3 Å². The van der Waals surface area contributed by atoms with Crippen molar-refractivity contribution in [2.45, 2.75) is 32.7 Å². The van der Waals surface area contributed by atoms with Crippen molar-refractivity contribution in [2.75, 3.05) is 0 Å². The number of rotatable bonds is 3. The van der Waals surface area contributed by atoms with Gasteiger partial charge in [0.1, 0.15) is 5.82 Å². The van der Waals surface area contributed by atoms with Crippen molar-refractivity contribution in [3.05, 3.63) is 70.5 Å². The second-order valence-corrected chi connectivity index (χ2v) is 5.27. The lowest BCUT2D eigenvalue weighted by atomic mass is 9.93. The first-order chi connectivity index (χ1) is 9.00. The summed E-state index contributed by atoms with van der Waals surface area (Å²) in [4.78, 5) is 0. The Kier molecular flexibility index (Phi) is 4.01. The molecule has 0 amide bonds. The molecule has 0 radical (unpaired) electrons. The van der Waals surface area contributed by atoms with Crippen molar-refractivity contribution in [1.29, 1.82) is 0 Å². The van der Waals surface area contributed by atoms with Gasteiger partial charge in [0.15, 0.2) is 0 Å². The smallest absolute Gasteiger partial charge is 0.127 e. The van der Waals surface area contributed by atoms with E-state index in [2.05, 4.69) is 0 Å². The molecule has 0 spiro atoms. The zero-order valence-electron chi connectivity index (χ0n) is 11.7. The maximum atomic E-state index is 14.0. The second-order valence-electron chi connectivity index (χ2n) is 5.27. The van der Waals surface area contributed by atoms with E-state index in [1.165, 1.54) is 0 Å². The van der Waals surface area contributed by atoms with Crippen LogP contribution < -0.4 is 5.73 Å². The molecule has 0 bridgehead atoms. The Balaban J connectivity index is 2.38. The molecule has 1 atom stereocenters. The van der Waals surface area contributed by atoms with Crippen LogP contribution in [0.5, 0.6) is 0 Å². The van der Waals surface area contributed by atoms with Gasteiger partial charge >= 0.3 is 0 Å². The van der Waals surface area contributed by atoms with Crippen LogP contribution in [0.1, 0.15) is 48.1 Å². The third kappa shape index (κ3) is 2.85. The first-order valence-electron chi connectivity index (χ1n) is 6.61. The van der Waals surface area contributed by atoms with Crippen LogP contribution in [0.3, 0.4) is 0 Å². The van der Waals surface area contributed by atoms with Crippen molar-refractivity contribution < 1.29 is 4.39 Å². The van der Waals surface area contributed by atoms with Gasteiger partial charge in [0, 0.05) is 0 Å². The maximum Gasteiger partial charge on any atom is 0.127 e. The van der Waals surface area contributed by atoms with Gasteiger partial charge in [-0.1, -0.05) is 50.2 Å². The van der Waals surface area contributed by atoms with E-state index >= 15 is 0 Å². The lowest BCUT2D eigenvalue weighted by Gasteiger charge is -2.17. The predicted molar refractivity (Wildman–Crippen MR) is 77.7 cm³/mol. The molecule has 2 rings (SSSR count). The van der Waals surface area contributed by atoms with Gasteiger partial charge in [-0.15, -0.1) is 0 Å². The van der Waals surface area contributed by atoms with Crippen LogP contribution in [0, 0.1) is 12.7 Å². The SMILES string of the molecule is Cc1ccccc1C(N)c1ccc(C(C)C)c(F)c1. The molecule has 0 aliphatic carbocycles. The summed E-state index contributed by atoms with van der Waals surface area (Å²) in [7, 11) is 0. The van der Waals surface area contributed by atoms with Crippen molar-refractivity contribution in [1.82, 2.24) is 0 Å². The Morgan fingerprint density at radius 3 is 2.26 bits per heavy atom. The lowest BCUT2D eigenvalue weighted by Crippen LogP contribution is -2.13. The molecule has 0 heterocycles. The number of halogens is 1. The molecule has 2 N–H and O–H groups in total. The number of nitrogens with two attached hydrogens (primary N) is 1. The summed E-state index contributed by atoms with van der Waals surface area (Å²) in [6.07, 6.45) is 0. The highest BCUT2D eigenvalue weighted by atomic mass is 19.1. The first-order valence-corrected chi connectivity index (χ1v) is 6.61. The zero-order valence-corrected chi connectivity index (χ0v) is 11.7. The predicted octanol–water partition coefficient (Wildman–Crippen LogP) is 4.31. The van der Waals surface area contributed by atoms with Crippen LogP contribution in [-0.4, -0.2) is 0 Å². The fourth-order valence-corrected chi connectivity index (χ4v) is 2.32. The molecular weight excluding hydrogens is 237 g/mol. The van der Waals surface area contributed by atoms with Gasteiger partial charge in [-0.3, -0.25) is 0 Å². The van der Waals surface area contributed by atoms with Crippen LogP contribution in [-0.2, 0) is 0 Å². The Bertz CT molecular complexity index is 575. The average molecular weight is 257 g/mol. The van der Waals surface area contributed by atoms with Gasteiger partial charge in [-0.2, -0.15) is 0 Å². The molecule has 2 aromatic carbocycles. The van der Waals surface area contributed by atoms with E-state index in [1.54, 1.807) is 6.07 Å². The fourth-order valence-electron chi connectivity index (χ4n) is 2.32. The maximum absolute atomic E-state index is 14.0. The van der Waals surface area contributed by atoms with Crippen molar-refractivity contribution in [3.63, 3.8) is 0 Å². The molecule has 0 fully saturated rings. The molecule has 1 nitrogen and oxygen atoms in total. The number of hydrogen-bond acceptors (Lipinski definition) is 1. The van der Waals surface area contributed by atoms with Gasteiger partial charge < -0.3 is 5.73 Å². The zero-order chi connectivity index (χ0) is 14.0. The Hall–Kier alpha value is -1.67. The first kappa shape index (κ1) is 13.8. The monoisotopic (exact) mass is 257 g/mol. The molecule has 0 saturated heterocycles. The molecule has 100 valence electrons. The molecule has 0 aliphatic heterocycles. The number of hydrogen-bond donors (Lipinski definition) is 1. The Morgan fingerprint density at radius 2 is 1.68 bits per heavy atom. The molecular formula is C17H20FN. The van der Waals surface area contributed by atoms with Crippen molar-refractivity contribution in [2.24, 2.45) is 5.73 Å². The van der Waals surface area contributed by atoms with Gasteiger partial charge in [0.25, 0.3) is 0 Å². The van der Waals surface area contributed by atoms with Crippen molar-refractivity contribution in [3.8, 4) is 0 Å². The van der Waals surface area contributed by atoms with E-state index in [-0.39, 0.29) is 17.8 Å². The molecule has 2 heteroatoms. The van der Waals surface area contributed by atoms with Crippen LogP contribution >= 0.6 is 0 Å². The highest BCUT2D eigenvalue weighted by Crippen LogP contribution is 2.26. The molecule has 0 aliphatic rings. The van der Waals surface area contributed by atoms with E-state index in [9.17, 15) is 4.39 Å². The molecule has 19 heavy (non-hydrogen) atoms.